The van der Waals surface area contributed by atoms with Crippen LogP contribution in [-0.2, 0) is 32.6 Å². The number of rotatable bonds is 14. The molecule has 0 aliphatic rings. The van der Waals surface area contributed by atoms with Crippen LogP contribution in [0.4, 0.5) is 5.69 Å². The van der Waals surface area contributed by atoms with Crippen molar-refractivity contribution in [3.63, 3.8) is 0 Å². The fourth-order valence-corrected chi connectivity index (χ4v) is 5.40. The summed E-state index contributed by atoms with van der Waals surface area (Å²) in [5.74, 6) is -0.169. The van der Waals surface area contributed by atoms with Crippen LogP contribution in [0.5, 0.6) is 11.5 Å². The highest BCUT2D eigenvalue weighted by atomic mass is 35.5. The molecule has 220 valence electrons. The zero-order chi connectivity index (χ0) is 30.0. The number of anilines is 1. The highest BCUT2D eigenvalue weighted by Crippen LogP contribution is 2.32. The second-order valence-corrected chi connectivity index (χ2v) is 11.8. The molecule has 1 atom stereocenters. The van der Waals surface area contributed by atoms with E-state index in [1.807, 2.05) is 37.3 Å². The van der Waals surface area contributed by atoms with Gasteiger partial charge in [-0.1, -0.05) is 61.0 Å². The predicted molar refractivity (Wildman–Crippen MR) is 161 cm³/mol. The normalized spacial score (nSPS) is 11.8. The van der Waals surface area contributed by atoms with E-state index in [2.05, 4.69) is 5.32 Å². The summed E-state index contributed by atoms with van der Waals surface area (Å²) in [4.78, 5) is 29.0. The van der Waals surface area contributed by atoms with Crippen LogP contribution in [0.15, 0.2) is 72.8 Å². The second kappa shape index (κ2) is 14.7. The van der Waals surface area contributed by atoms with Crippen molar-refractivity contribution < 1.29 is 27.5 Å². The molecule has 0 fully saturated rings. The van der Waals surface area contributed by atoms with Crippen molar-refractivity contribution in [2.45, 2.75) is 32.4 Å². The van der Waals surface area contributed by atoms with Crippen LogP contribution in [0, 0.1) is 0 Å². The molecule has 0 heterocycles. The maximum absolute atomic E-state index is 14.1. The Bertz CT molecular complexity index is 1440. The van der Waals surface area contributed by atoms with Crippen LogP contribution in [0.2, 0.25) is 5.02 Å². The summed E-state index contributed by atoms with van der Waals surface area (Å²) in [6.45, 7) is 1.88. The monoisotopic (exact) mass is 601 g/mol. The SMILES string of the molecule is CCCNC(=O)[C@H](Cc1ccccc1)N(Cc1cccc(Cl)c1)C(=O)CN(c1ccc(OC)c(OC)c1)S(C)(=O)=O. The van der Waals surface area contributed by atoms with Crippen LogP contribution < -0.4 is 19.1 Å². The van der Waals surface area contributed by atoms with E-state index in [-0.39, 0.29) is 24.6 Å². The standard InChI is InChI=1S/C30H36ClN3O6S/c1-5-16-32-30(36)26(18-22-10-7-6-8-11-22)33(20-23-12-9-13-24(31)17-23)29(35)21-34(41(4,37)38)25-14-15-27(39-2)28(19-25)40-3/h6-15,17,19,26H,5,16,18,20-21H2,1-4H3,(H,32,36)/t26-/m0/s1. The fraction of sp³-hybridized carbons (Fsp3) is 0.333. The number of amides is 2. The fourth-order valence-electron chi connectivity index (χ4n) is 4.35. The molecule has 3 aromatic carbocycles. The number of ether oxygens (including phenoxy) is 2. The molecule has 3 rings (SSSR count). The maximum atomic E-state index is 14.1. The van der Waals surface area contributed by atoms with E-state index in [9.17, 15) is 18.0 Å². The third-order valence-electron chi connectivity index (χ3n) is 6.40. The van der Waals surface area contributed by atoms with Crippen LogP contribution in [0.25, 0.3) is 0 Å². The van der Waals surface area contributed by atoms with E-state index < -0.39 is 28.5 Å². The number of methoxy groups -OCH3 is 2. The molecule has 9 nitrogen and oxygen atoms in total. The highest BCUT2D eigenvalue weighted by molar-refractivity contribution is 7.92. The first-order chi connectivity index (χ1) is 19.6. The van der Waals surface area contributed by atoms with Crippen LogP contribution in [0.3, 0.4) is 0 Å². The molecular weight excluding hydrogens is 566 g/mol. The highest BCUT2D eigenvalue weighted by Gasteiger charge is 2.33. The van der Waals surface area contributed by atoms with Crippen molar-refractivity contribution >= 4 is 39.1 Å². The summed E-state index contributed by atoms with van der Waals surface area (Å²) < 4.78 is 37.6. The van der Waals surface area contributed by atoms with E-state index in [1.165, 1.54) is 31.3 Å². The first-order valence-corrected chi connectivity index (χ1v) is 15.3. The van der Waals surface area contributed by atoms with Crippen molar-refractivity contribution in [1.29, 1.82) is 0 Å². The van der Waals surface area contributed by atoms with E-state index in [0.717, 1.165) is 16.1 Å². The van der Waals surface area contributed by atoms with Gasteiger partial charge in [0.25, 0.3) is 0 Å². The zero-order valence-corrected chi connectivity index (χ0v) is 25.2. The number of hydrogen-bond acceptors (Lipinski definition) is 6. The van der Waals surface area contributed by atoms with Gasteiger partial charge < -0.3 is 19.7 Å². The first-order valence-electron chi connectivity index (χ1n) is 13.1. The number of carbonyl (C=O) groups excluding carboxylic acids is 2. The average Bonchev–Trinajstić information content (AvgIpc) is 2.95. The average molecular weight is 602 g/mol. The zero-order valence-electron chi connectivity index (χ0n) is 23.7. The number of nitrogens with zero attached hydrogens (tertiary/aromatic N) is 2. The Balaban J connectivity index is 2.06. The van der Waals surface area contributed by atoms with Gasteiger partial charge in [0.1, 0.15) is 12.6 Å². The number of sulfonamides is 1. The third kappa shape index (κ3) is 8.86. The molecule has 0 aliphatic carbocycles. The van der Waals surface area contributed by atoms with Gasteiger partial charge in [-0.15, -0.1) is 0 Å². The second-order valence-electron chi connectivity index (χ2n) is 9.46. The molecule has 0 bridgehead atoms. The molecule has 1 N–H and O–H groups in total. The van der Waals surface area contributed by atoms with Crippen molar-refractivity contribution in [2.24, 2.45) is 0 Å². The molecule has 41 heavy (non-hydrogen) atoms. The summed E-state index contributed by atoms with van der Waals surface area (Å²) in [7, 11) is -1.01. The molecule has 0 saturated heterocycles. The Morgan fingerprint density at radius 1 is 0.927 bits per heavy atom. The van der Waals surface area contributed by atoms with E-state index in [0.29, 0.717) is 35.1 Å². The molecule has 0 saturated carbocycles. The Kier molecular flexibility index (Phi) is 11.4. The van der Waals surface area contributed by atoms with Gasteiger partial charge in [-0.3, -0.25) is 13.9 Å². The maximum Gasteiger partial charge on any atom is 0.244 e. The lowest BCUT2D eigenvalue weighted by Crippen LogP contribution is -2.53. The van der Waals surface area contributed by atoms with Gasteiger partial charge in [0.05, 0.1) is 26.2 Å². The summed E-state index contributed by atoms with van der Waals surface area (Å²) >= 11 is 6.23. The number of carbonyl (C=O) groups is 2. The molecule has 0 radical (unpaired) electrons. The molecule has 0 spiro atoms. The molecule has 2 amide bonds. The summed E-state index contributed by atoms with van der Waals surface area (Å²) in [5, 5.41) is 3.39. The first kappa shape index (κ1) is 31.8. The number of nitrogens with one attached hydrogen (secondary N) is 1. The Labute approximate surface area is 247 Å². The number of halogens is 1. The number of benzene rings is 3. The van der Waals surface area contributed by atoms with Gasteiger partial charge in [0, 0.05) is 30.6 Å². The van der Waals surface area contributed by atoms with E-state index in [4.69, 9.17) is 21.1 Å². The van der Waals surface area contributed by atoms with Crippen molar-refractivity contribution in [2.75, 3.05) is 37.9 Å². The molecule has 11 heteroatoms. The third-order valence-corrected chi connectivity index (χ3v) is 7.77. The predicted octanol–water partition coefficient (Wildman–Crippen LogP) is 4.29. The Hall–Kier alpha value is -3.76. The molecule has 0 aliphatic heterocycles. The topological polar surface area (TPSA) is 105 Å². The van der Waals surface area contributed by atoms with Crippen LogP contribution in [0.1, 0.15) is 24.5 Å². The summed E-state index contributed by atoms with van der Waals surface area (Å²) in [6, 6.07) is 20.0. The Morgan fingerprint density at radius 2 is 1.61 bits per heavy atom. The van der Waals surface area contributed by atoms with Gasteiger partial charge in [-0.05, 0) is 41.8 Å². The smallest absolute Gasteiger partial charge is 0.244 e. The largest absolute Gasteiger partial charge is 0.493 e. The van der Waals surface area contributed by atoms with Gasteiger partial charge >= 0.3 is 0 Å². The van der Waals surface area contributed by atoms with Gasteiger partial charge in [0.2, 0.25) is 21.8 Å². The van der Waals surface area contributed by atoms with Crippen molar-refractivity contribution in [3.8, 4) is 11.5 Å². The summed E-state index contributed by atoms with van der Waals surface area (Å²) in [6.07, 6.45) is 1.97. The number of hydrogen-bond donors (Lipinski definition) is 1. The van der Waals surface area contributed by atoms with E-state index in [1.54, 1.807) is 30.3 Å². The molecule has 0 aromatic heterocycles. The Morgan fingerprint density at radius 3 is 2.22 bits per heavy atom. The molecule has 0 unspecified atom stereocenters. The van der Waals surface area contributed by atoms with Gasteiger partial charge in [0.15, 0.2) is 11.5 Å². The molecule has 3 aromatic rings. The minimum atomic E-state index is -3.92. The van der Waals surface area contributed by atoms with Crippen LogP contribution >= 0.6 is 11.6 Å². The quantitative estimate of drug-likeness (QED) is 0.296. The van der Waals surface area contributed by atoms with Crippen LogP contribution in [-0.4, -0.2) is 64.7 Å². The van der Waals surface area contributed by atoms with Crippen molar-refractivity contribution in [3.05, 3.63) is 88.9 Å². The van der Waals surface area contributed by atoms with Crippen molar-refractivity contribution in [1.82, 2.24) is 10.2 Å². The van der Waals surface area contributed by atoms with E-state index >= 15 is 0 Å². The van der Waals surface area contributed by atoms with Gasteiger partial charge in [-0.2, -0.15) is 0 Å². The van der Waals surface area contributed by atoms with Gasteiger partial charge in [-0.25, -0.2) is 8.42 Å². The lowest BCUT2D eigenvalue weighted by Gasteiger charge is -2.33. The minimum absolute atomic E-state index is 0.0416. The summed E-state index contributed by atoms with van der Waals surface area (Å²) in [5.41, 5.74) is 1.77. The lowest BCUT2D eigenvalue weighted by atomic mass is 10.0. The lowest BCUT2D eigenvalue weighted by molar-refractivity contribution is -0.140. The minimum Gasteiger partial charge on any atom is -0.493 e. The molecular formula is C30H36ClN3O6S.